The average Bonchev–Trinajstić information content (AvgIpc) is 3.58. The van der Waals surface area contributed by atoms with Crippen LogP contribution >= 0.6 is 0 Å². The van der Waals surface area contributed by atoms with Crippen molar-refractivity contribution in [1.82, 2.24) is 29.2 Å². The van der Waals surface area contributed by atoms with Crippen LogP contribution in [0.1, 0.15) is 46.1 Å². The molecule has 7 rings (SSSR count). The van der Waals surface area contributed by atoms with Crippen molar-refractivity contribution in [3.63, 3.8) is 0 Å². The van der Waals surface area contributed by atoms with Crippen LogP contribution in [0.5, 0.6) is 0 Å². The predicted octanol–water partition coefficient (Wildman–Crippen LogP) is 6.18. The molecule has 3 aromatic heterocycles. The Kier molecular flexibility index (Phi) is 6.70. The molecule has 0 atom stereocenters. The summed E-state index contributed by atoms with van der Waals surface area (Å²) in [5.74, 6) is 0.543. The zero-order chi connectivity index (χ0) is 28.6. The van der Waals surface area contributed by atoms with Crippen LogP contribution in [0.15, 0.2) is 91.3 Å². The van der Waals surface area contributed by atoms with E-state index in [0.29, 0.717) is 37.4 Å². The minimum absolute atomic E-state index is 0.0611. The second-order valence-electron chi connectivity index (χ2n) is 10.8. The Hall–Kier alpha value is -4.92. The van der Waals surface area contributed by atoms with Crippen LogP contribution in [0.4, 0.5) is 8.78 Å². The SMILES string of the molecule is O=C(c1cnc2c(cnn2Cc2cccc(F)c2)c1)N1CCC(c2nc3ccccc3n2Cc2cccc(F)c2)CC1. The van der Waals surface area contributed by atoms with E-state index in [1.165, 1.54) is 18.2 Å². The normalized spacial score (nSPS) is 14.2. The summed E-state index contributed by atoms with van der Waals surface area (Å²) >= 11 is 0. The van der Waals surface area contributed by atoms with Gasteiger partial charge in [-0.3, -0.25) is 4.79 Å². The quantitative estimate of drug-likeness (QED) is 0.243. The van der Waals surface area contributed by atoms with Crippen molar-refractivity contribution >= 4 is 28.0 Å². The summed E-state index contributed by atoms with van der Waals surface area (Å²) in [4.78, 5) is 24.9. The maximum atomic E-state index is 13.9. The number of hydrogen-bond donors (Lipinski definition) is 0. The van der Waals surface area contributed by atoms with Gasteiger partial charge in [0, 0.05) is 37.1 Å². The van der Waals surface area contributed by atoms with E-state index in [1.807, 2.05) is 47.4 Å². The van der Waals surface area contributed by atoms with Gasteiger partial charge in [0.05, 0.1) is 29.3 Å². The Labute approximate surface area is 241 Å². The molecule has 1 aliphatic heterocycles. The molecule has 0 bridgehead atoms. The molecular formula is C33H28F2N6O. The van der Waals surface area contributed by atoms with Gasteiger partial charge in [0.15, 0.2) is 5.65 Å². The standard InChI is InChI=1S/C33H28F2N6O/c34-27-7-3-5-22(15-27)20-40-30-10-2-1-9-29(30)38-32(40)24-11-13-39(14-12-24)33(42)26-17-25-19-37-41(31(25)36-18-26)21-23-6-4-8-28(35)16-23/h1-10,15-19,24H,11-14,20-21H2. The third-order valence-electron chi connectivity index (χ3n) is 8.01. The van der Waals surface area contributed by atoms with Gasteiger partial charge in [-0.1, -0.05) is 36.4 Å². The van der Waals surface area contributed by atoms with E-state index < -0.39 is 0 Å². The van der Waals surface area contributed by atoms with Gasteiger partial charge in [-0.2, -0.15) is 5.10 Å². The Morgan fingerprint density at radius 1 is 0.833 bits per heavy atom. The molecule has 1 fully saturated rings. The van der Waals surface area contributed by atoms with Gasteiger partial charge >= 0.3 is 0 Å². The molecule has 42 heavy (non-hydrogen) atoms. The van der Waals surface area contributed by atoms with Gasteiger partial charge in [-0.25, -0.2) is 23.4 Å². The molecule has 9 heteroatoms. The summed E-state index contributed by atoms with van der Waals surface area (Å²) in [6.07, 6.45) is 4.84. The van der Waals surface area contributed by atoms with Gasteiger partial charge in [0.2, 0.25) is 0 Å². The molecule has 0 N–H and O–H groups in total. The fraction of sp³-hybridized carbons (Fsp3) is 0.212. The van der Waals surface area contributed by atoms with Crippen molar-refractivity contribution in [2.24, 2.45) is 0 Å². The maximum absolute atomic E-state index is 13.9. The Bertz CT molecular complexity index is 1920. The number of nitrogens with zero attached hydrogens (tertiary/aromatic N) is 6. The molecule has 6 aromatic rings. The van der Waals surface area contributed by atoms with E-state index in [0.717, 1.165) is 46.2 Å². The highest BCUT2D eigenvalue weighted by Crippen LogP contribution is 2.31. The smallest absolute Gasteiger partial charge is 0.255 e. The molecule has 0 spiro atoms. The van der Waals surface area contributed by atoms with Crippen molar-refractivity contribution in [3.05, 3.63) is 125 Å². The molecule has 7 nitrogen and oxygen atoms in total. The number of carbonyl (C=O) groups is 1. The number of amides is 1. The van der Waals surface area contributed by atoms with E-state index in [9.17, 15) is 13.6 Å². The van der Waals surface area contributed by atoms with Crippen LogP contribution < -0.4 is 0 Å². The first-order valence-corrected chi connectivity index (χ1v) is 14.1. The van der Waals surface area contributed by atoms with Crippen LogP contribution in [0.3, 0.4) is 0 Å². The summed E-state index contributed by atoms with van der Waals surface area (Å²) in [5, 5.41) is 5.18. The average molecular weight is 563 g/mol. The topological polar surface area (TPSA) is 68.8 Å². The predicted molar refractivity (Wildman–Crippen MR) is 156 cm³/mol. The molecule has 1 amide bonds. The van der Waals surface area contributed by atoms with Crippen LogP contribution in [-0.4, -0.2) is 48.2 Å². The number of pyridine rings is 1. The lowest BCUT2D eigenvalue weighted by atomic mass is 9.95. The Balaban J connectivity index is 1.07. The number of hydrogen-bond acceptors (Lipinski definition) is 4. The Morgan fingerprint density at radius 2 is 1.55 bits per heavy atom. The third-order valence-corrected chi connectivity index (χ3v) is 8.01. The summed E-state index contributed by atoms with van der Waals surface area (Å²) in [6, 6.07) is 22.9. The van der Waals surface area contributed by atoms with Crippen molar-refractivity contribution in [2.75, 3.05) is 13.1 Å². The summed E-state index contributed by atoms with van der Waals surface area (Å²) in [7, 11) is 0. The molecular weight excluding hydrogens is 534 g/mol. The molecule has 1 aliphatic rings. The van der Waals surface area contributed by atoms with Gasteiger partial charge in [0.25, 0.3) is 5.91 Å². The third kappa shape index (κ3) is 5.02. The van der Waals surface area contributed by atoms with E-state index in [2.05, 4.69) is 14.6 Å². The summed E-state index contributed by atoms with van der Waals surface area (Å²) < 4.78 is 31.4. The van der Waals surface area contributed by atoms with Crippen LogP contribution in [-0.2, 0) is 13.1 Å². The number of carbonyl (C=O) groups excluding carboxylic acids is 1. The molecule has 0 saturated carbocycles. The first-order chi connectivity index (χ1) is 20.5. The fourth-order valence-corrected chi connectivity index (χ4v) is 5.93. The number of likely N-dealkylation sites (tertiary alicyclic amines) is 1. The number of aromatic nitrogens is 5. The molecule has 0 aliphatic carbocycles. The second-order valence-corrected chi connectivity index (χ2v) is 10.8. The van der Waals surface area contributed by atoms with Crippen LogP contribution in [0, 0.1) is 11.6 Å². The van der Waals surface area contributed by atoms with E-state index in [4.69, 9.17) is 4.98 Å². The van der Waals surface area contributed by atoms with E-state index >= 15 is 0 Å². The molecule has 4 heterocycles. The fourth-order valence-electron chi connectivity index (χ4n) is 5.93. The minimum atomic E-state index is -0.294. The number of imidazole rings is 1. The van der Waals surface area contributed by atoms with E-state index in [1.54, 1.807) is 35.3 Å². The number of fused-ring (bicyclic) bond motifs is 2. The van der Waals surface area contributed by atoms with E-state index in [-0.39, 0.29) is 23.5 Å². The first-order valence-electron chi connectivity index (χ1n) is 14.1. The molecule has 0 unspecified atom stereocenters. The lowest BCUT2D eigenvalue weighted by molar-refractivity contribution is 0.0710. The van der Waals surface area contributed by atoms with Gasteiger partial charge < -0.3 is 9.47 Å². The van der Waals surface area contributed by atoms with Gasteiger partial charge in [0.1, 0.15) is 17.5 Å². The zero-order valence-corrected chi connectivity index (χ0v) is 22.8. The number of rotatable bonds is 6. The van der Waals surface area contributed by atoms with Gasteiger partial charge in [-0.15, -0.1) is 0 Å². The van der Waals surface area contributed by atoms with Crippen molar-refractivity contribution < 1.29 is 13.6 Å². The van der Waals surface area contributed by atoms with Crippen molar-refractivity contribution in [3.8, 4) is 0 Å². The lowest BCUT2D eigenvalue weighted by Gasteiger charge is -2.32. The van der Waals surface area contributed by atoms with Crippen molar-refractivity contribution in [2.45, 2.75) is 31.8 Å². The molecule has 3 aromatic carbocycles. The number of para-hydroxylation sites is 2. The largest absolute Gasteiger partial charge is 0.339 e. The highest BCUT2D eigenvalue weighted by molar-refractivity contribution is 5.97. The van der Waals surface area contributed by atoms with Crippen molar-refractivity contribution in [1.29, 1.82) is 0 Å². The van der Waals surface area contributed by atoms with Crippen LogP contribution in [0.2, 0.25) is 0 Å². The summed E-state index contributed by atoms with van der Waals surface area (Å²) in [6.45, 7) is 2.12. The summed E-state index contributed by atoms with van der Waals surface area (Å²) in [5.41, 5.74) is 4.77. The van der Waals surface area contributed by atoms with Gasteiger partial charge in [-0.05, 0) is 66.4 Å². The molecule has 1 saturated heterocycles. The highest BCUT2D eigenvalue weighted by Gasteiger charge is 2.28. The maximum Gasteiger partial charge on any atom is 0.255 e. The highest BCUT2D eigenvalue weighted by atomic mass is 19.1. The lowest BCUT2D eigenvalue weighted by Crippen LogP contribution is -2.38. The number of halogens is 2. The number of piperidine rings is 1. The zero-order valence-electron chi connectivity index (χ0n) is 22.8. The molecule has 0 radical (unpaired) electrons. The number of benzene rings is 3. The van der Waals surface area contributed by atoms with Crippen LogP contribution in [0.25, 0.3) is 22.1 Å². The molecule has 210 valence electrons. The Morgan fingerprint density at radius 3 is 2.29 bits per heavy atom. The second kappa shape index (κ2) is 10.8. The minimum Gasteiger partial charge on any atom is -0.339 e. The first kappa shape index (κ1) is 26.0. The monoisotopic (exact) mass is 562 g/mol.